The Morgan fingerprint density at radius 2 is 1.70 bits per heavy atom. The topological polar surface area (TPSA) is 55.4 Å². The van der Waals surface area contributed by atoms with Gasteiger partial charge in [0.1, 0.15) is 17.7 Å². The van der Waals surface area contributed by atoms with Crippen molar-refractivity contribution in [2.75, 3.05) is 7.11 Å². The number of hydrogen-bond acceptors (Lipinski definition) is 3. The summed E-state index contributed by atoms with van der Waals surface area (Å²) in [7, 11) is 1.20. The first-order chi connectivity index (χ1) is 11.0. The normalized spacial score (nSPS) is 11.6. The lowest BCUT2D eigenvalue weighted by Gasteiger charge is -2.16. The molecule has 0 spiro atoms. The Morgan fingerprint density at radius 3 is 2.26 bits per heavy atom. The van der Waals surface area contributed by atoms with Crippen LogP contribution in [0.2, 0.25) is 0 Å². The first-order valence-corrected chi connectivity index (χ1v) is 6.88. The van der Waals surface area contributed by atoms with Gasteiger partial charge < -0.3 is 10.1 Å². The van der Waals surface area contributed by atoms with Gasteiger partial charge in [-0.05, 0) is 17.7 Å². The quantitative estimate of drug-likeness (QED) is 0.862. The third kappa shape index (κ3) is 4.60. The predicted molar refractivity (Wildman–Crippen MR) is 79.8 cm³/mol. The van der Waals surface area contributed by atoms with E-state index in [9.17, 15) is 18.4 Å². The van der Waals surface area contributed by atoms with Gasteiger partial charge in [0.15, 0.2) is 0 Å². The Labute approximate surface area is 132 Å². The minimum absolute atomic E-state index is 0.204. The lowest BCUT2D eigenvalue weighted by atomic mass is 10.1. The Bertz CT molecular complexity index is 684. The summed E-state index contributed by atoms with van der Waals surface area (Å²) in [6.45, 7) is 0. The highest BCUT2D eigenvalue weighted by molar-refractivity contribution is 5.96. The highest BCUT2D eigenvalue weighted by Gasteiger charge is 2.23. The van der Waals surface area contributed by atoms with Crippen LogP contribution in [-0.4, -0.2) is 25.0 Å². The van der Waals surface area contributed by atoms with Gasteiger partial charge in [-0.3, -0.25) is 4.79 Å². The molecular formula is C17H15F2NO3. The number of nitrogens with one attached hydrogen (secondary N) is 1. The summed E-state index contributed by atoms with van der Waals surface area (Å²) in [6.07, 6.45) is 0.205. The Morgan fingerprint density at radius 1 is 1.09 bits per heavy atom. The van der Waals surface area contributed by atoms with E-state index in [4.69, 9.17) is 0 Å². The van der Waals surface area contributed by atoms with Gasteiger partial charge in [0, 0.05) is 18.1 Å². The Kier molecular flexibility index (Phi) is 5.41. The fourth-order valence-corrected chi connectivity index (χ4v) is 2.11. The molecule has 2 rings (SSSR count). The molecule has 0 aliphatic rings. The number of amides is 1. The molecule has 4 nitrogen and oxygen atoms in total. The molecule has 0 radical (unpaired) electrons. The van der Waals surface area contributed by atoms with E-state index in [1.165, 1.54) is 7.11 Å². The highest BCUT2D eigenvalue weighted by atomic mass is 19.1. The summed E-state index contributed by atoms with van der Waals surface area (Å²) in [4.78, 5) is 23.9. The molecule has 0 fully saturated rings. The number of benzene rings is 2. The van der Waals surface area contributed by atoms with Crippen molar-refractivity contribution in [1.82, 2.24) is 5.32 Å². The van der Waals surface area contributed by atoms with Crippen LogP contribution in [0.3, 0.4) is 0 Å². The van der Waals surface area contributed by atoms with Gasteiger partial charge in [0.05, 0.1) is 7.11 Å². The number of carbonyl (C=O) groups excluding carboxylic acids is 2. The third-order valence-electron chi connectivity index (χ3n) is 3.20. The number of hydrogen-bond donors (Lipinski definition) is 1. The zero-order valence-corrected chi connectivity index (χ0v) is 12.4. The van der Waals surface area contributed by atoms with Gasteiger partial charge in [-0.25, -0.2) is 13.6 Å². The molecule has 0 aliphatic heterocycles. The Balaban J connectivity index is 2.17. The van der Waals surface area contributed by atoms with Gasteiger partial charge in [-0.1, -0.05) is 30.3 Å². The molecule has 0 bridgehead atoms. The van der Waals surface area contributed by atoms with Crippen LogP contribution in [0.1, 0.15) is 15.9 Å². The summed E-state index contributed by atoms with van der Waals surface area (Å²) >= 11 is 0. The molecule has 0 heterocycles. The molecule has 0 unspecified atom stereocenters. The zero-order valence-electron chi connectivity index (χ0n) is 12.4. The molecule has 1 amide bonds. The van der Waals surface area contributed by atoms with Crippen molar-refractivity contribution in [1.29, 1.82) is 0 Å². The maximum absolute atomic E-state index is 13.2. The lowest BCUT2D eigenvalue weighted by Crippen LogP contribution is -2.43. The standard InChI is InChI=1S/C17H15F2NO3/c1-23-17(22)15(7-11-5-3-2-4-6-11)20-16(21)12-8-13(18)10-14(19)9-12/h2-6,8-10,15H,7H2,1H3,(H,20,21)/t15-/m0/s1. The molecule has 1 N–H and O–H groups in total. The minimum Gasteiger partial charge on any atom is -0.467 e. The zero-order chi connectivity index (χ0) is 16.8. The first kappa shape index (κ1) is 16.6. The van der Waals surface area contributed by atoms with E-state index < -0.39 is 29.6 Å². The molecule has 2 aromatic carbocycles. The van der Waals surface area contributed by atoms with Crippen molar-refractivity contribution in [3.8, 4) is 0 Å². The Hall–Kier alpha value is -2.76. The fraction of sp³-hybridized carbons (Fsp3) is 0.176. The molecule has 23 heavy (non-hydrogen) atoms. The fourth-order valence-electron chi connectivity index (χ4n) is 2.11. The van der Waals surface area contributed by atoms with Gasteiger partial charge in [0.2, 0.25) is 0 Å². The second-order valence-corrected chi connectivity index (χ2v) is 4.90. The van der Waals surface area contributed by atoms with Crippen molar-refractivity contribution >= 4 is 11.9 Å². The van der Waals surface area contributed by atoms with Crippen LogP contribution in [0.5, 0.6) is 0 Å². The van der Waals surface area contributed by atoms with Gasteiger partial charge >= 0.3 is 5.97 Å². The highest BCUT2D eigenvalue weighted by Crippen LogP contribution is 2.10. The number of esters is 1. The summed E-state index contributed by atoms with van der Waals surface area (Å²) in [5.41, 5.74) is 0.609. The van der Waals surface area contributed by atoms with Gasteiger partial charge in [0.25, 0.3) is 5.91 Å². The van der Waals surface area contributed by atoms with Crippen LogP contribution in [0.25, 0.3) is 0 Å². The van der Waals surface area contributed by atoms with E-state index in [-0.39, 0.29) is 12.0 Å². The van der Waals surface area contributed by atoms with Crippen LogP contribution in [0.15, 0.2) is 48.5 Å². The summed E-state index contributed by atoms with van der Waals surface area (Å²) in [5, 5.41) is 2.44. The first-order valence-electron chi connectivity index (χ1n) is 6.88. The van der Waals surface area contributed by atoms with Crippen LogP contribution in [-0.2, 0) is 16.0 Å². The molecule has 0 aromatic heterocycles. The summed E-state index contributed by atoms with van der Waals surface area (Å²) in [5.74, 6) is -3.13. The maximum Gasteiger partial charge on any atom is 0.328 e. The van der Waals surface area contributed by atoms with Gasteiger partial charge in [-0.15, -0.1) is 0 Å². The van der Waals surface area contributed by atoms with Crippen LogP contribution in [0, 0.1) is 11.6 Å². The van der Waals surface area contributed by atoms with E-state index in [0.29, 0.717) is 6.07 Å². The number of rotatable bonds is 5. The molecule has 1 atom stereocenters. The minimum atomic E-state index is -0.957. The second kappa shape index (κ2) is 7.49. The van der Waals surface area contributed by atoms with E-state index >= 15 is 0 Å². The van der Waals surface area contributed by atoms with E-state index in [1.807, 2.05) is 6.07 Å². The van der Waals surface area contributed by atoms with E-state index in [0.717, 1.165) is 17.7 Å². The average molecular weight is 319 g/mol. The number of halogens is 2. The largest absolute Gasteiger partial charge is 0.467 e. The van der Waals surface area contributed by atoms with Crippen molar-refractivity contribution in [2.24, 2.45) is 0 Å². The van der Waals surface area contributed by atoms with Crippen molar-refractivity contribution in [3.63, 3.8) is 0 Å². The van der Waals surface area contributed by atoms with Crippen LogP contribution < -0.4 is 5.32 Å². The van der Waals surface area contributed by atoms with Crippen LogP contribution >= 0.6 is 0 Å². The predicted octanol–water partition coefficient (Wildman–Crippen LogP) is 2.48. The molecule has 120 valence electrons. The molecule has 0 saturated heterocycles. The summed E-state index contributed by atoms with van der Waals surface area (Å²) in [6, 6.07) is 10.5. The van der Waals surface area contributed by atoms with Crippen molar-refractivity contribution in [3.05, 3.63) is 71.3 Å². The SMILES string of the molecule is COC(=O)[C@H](Cc1ccccc1)NC(=O)c1cc(F)cc(F)c1. The maximum atomic E-state index is 13.2. The monoisotopic (exact) mass is 319 g/mol. The van der Waals surface area contributed by atoms with Gasteiger partial charge in [-0.2, -0.15) is 0 Å². The van der Waals surface area contributed by atoms with E-state index in [1.54, 1.807) is 24.3 Å². The lowest BCUT2D eigenvalue weighted by molar-refractivity contribution is -0.142. The van der Waals surface area contributed by atoms with E-state index in [2.05, 4.69) is 10.1 Å². The molecule has 2 aromatic rings. The molecule has 0 aliphatic carbocycles. The number of carbonyl (C=O) groups is 2. The third-order valence-corrected chi connectivity index (χ3v) is 3.20. The molecule has 6 heteroatoms. The summed E-state index contributed by atoms with van der Waals surface area (Å²) < 4.78 is 31.0. The van der Waals surface area contributed by atoms with Crippen LogP contribution in [0.4, 0.5) is 8.78 Å². The molecule has 0 saturated carbocycles. The molecular weight excluding hydrogens is 304 g/mol. The second-order valence-electron chi connectivity index (χ2n) is 4.90. The van der Waals surface area contributed by atoms with Crippen molar-refractivity contribution in [2.45, 2.75) is 12.5 Å². The number of ether oxygens (including phenoxy) is 1. The average Bonchev–Trinajstić information content (AvgIpc) is 2.53. The number of methoxy groups -OCH3 is 1. The van der Waals surface area contributed by atoms with Crippen molar-refractivity contribution < 1.29 is 23.1 Å². The smallest absolute Gasteiger partial charge is 0.328 e.